The summed E-state index contributed by atoms with van der Waals surface area (Å²) < 4.78 is 12.1. The maximum atomic E-state index is 12.3. The molecule has 164 valence electrons. The molecule has 0 atom stereocenters. The van der Waals surface area contributed by atoms with Crippen molar-refractivity contribution in [1.29, 1.82) is 0 Å². The van der Waals surface area contributed by atoms with Crippen molar-refractivity contribution >= 4 is 40.1 Å². The fourth-order valence-corrected chi connectivity index (χ4v) is 4.28. The third-order valence-corrected chi connectivity index (χ3v) is 5.90. The molecule has 0 aliphatic rings. The van der Waals surface area contributed by atoms with Gasteiger partial charge in [-0.05, 0) is 26.0 Å². The van der Waals surface area contributed by atoms with Gasteiger partial charge in [-0.25, -0.2) is 4.98 Å². The van der Waals surface area contributed by atoms with E-state index in [0.717, 1.165) is 11.3 Å². The van der Waals surface area contributed by atoms with Crippen molar-refractivity contribution in [3.63, 3.8) is 0 Å². The topological polar surface area (TPSA) is 108 Å². The van der Waals surface area contributed by atoms with Gasteiger partial charge < -0.3 is 19.4 Å². The lowest BCUT2D eigenvalue weighted by atomic mass is 10.2. The average Bonchev–Trinajstić information content (AvgIpc) is 3.38. The van der Waals surface area contributed by atoms with Crippen molar-refractivity contribution in [1.82, 2.24) is 19.7 Å². The average molecular weight is 462 g/mol. The van der Waals surface area contributed by atoms with Crippen molar-refractivity contribution in [2.24, 2.45) is 0 Å². The van der Waals surface area contributed by atoms with Crippen molar-refractivity contribution in [3.8, 4) is 17.1 Å². The summed E-state index contributed by atoms with van der Waals surface area (Å²) in [5, 5.41) is 14.1. The summed E-state index contributed by atoms with van der Waals surface area (Å²) in [5.41, 5.74) is 1.46. The van der Waals surface area contributed by atoms with E-state index in [1.807, 2.05) is 35.8 Å². The third-order valence-electron chi connectivity index (χ3n) is 4.12. The molecular formula is C20H23N5O4S2. The molecule has 2 heterocycles. The number of aromatic nitrogens is 4. The molecule has 1 aromatic carbocycles. The van der Waals surface area contributed by atoms with Crippen molar-refractivity contribution in [3.05, 3.63) is 35.3 Å². The van der Waals surface area contributed by atoms with Gasteiger partial charge in [0.1, 0.15) is 5.75 Å². The van der Waals surface area contributed by atoms with Crippen molar-refractivity contribution in [2.45, 2.75) is 32.0 Å². The predicted molar refractivity (Wildman–Crippen MR) is 119 cm³/mol. The second-order valence-electron chi connectivity index (χ2n) is 6.25. The lowest BCUT2D eigenvalue weighted by Gasteiger charge is -2.08. The molecule has 1 N–H and O–H groups in total. The Hall–Kier alpha value is -2.92. The molecule has 0 bridgehead atoms. The van der Waals surface area contributed by atoms with Gasteiger partial charge in [-0.3, -0.25) is 9.59 Å². The first-order chi connectivity index (χ1) is 15.0. The molecule has 3 aromatic rings. The van der Waals surface area contributed by atoms with Crippen LogP contribution in [0.15, 0.2) is 34.8 Å². The molecule has 0 aliphatic carbocycles. The lowest BCUT2D eigenvalue weighted by Crippen LogP contribution is -2.15. The van der Waals surface area contributed by atoms with Crippen LogP contribution in [0.2, 0.25) is 0 Å². The van der Waals surface area contributed by atoms with Crippen LogP contribution in [0.5, 0.6) is 5.75 Å². The monoisotopic (exact) mass is 461 g/mol. The van der Waals surface area contributed by atoms with E-state index in [0.29, 0.717) is 35.0 Å². The Morgan fingerprint density at radius 1 is 1.26 bits per heavy atom. The van der Waals surface area contributed by atoms with E-state index in [9.17, 15) is 9.59 Å². The normalized spacial score (nSPS) is 10.7. The molecule has 11 heteroatoms. The molecule has 0 unspecified atom stereocenters. The highest BCUT2D eigenvalue weighted by Gasteiger charge is 2.16. The number of thiazole rings is 1. The number of amides is 1. The number of carbonyl (C=O) groups excluding carboxylic acids is 2. The summed E-state index contributed by atoms with van der Waals surface area (Å²) in [5.74, 6) is 1.06. The van der Waals surface area contributed by atoms with E-state index < -0.39 is 0 Å². The molecule has 2 aromatic heterocycles. The number of hydrogen-bond donors (Lipinski definition) is 1. The number of carbonyl (C=O) groups is 2. The van der Waals surface area contributed by atoms with Gasteiger partial charge in [-0.2, -0.15) is 0 Å². The van der Waals surface area contributed by atoms with Crippen LogP contribution in [0.4, 0.5) is 5.13 Å². The number of hydrogen-bond acceptors (Lipinski definition) is 9. The number of benzene rings is 1. The zero-order valence-corrected chi connectivity index (χ0v) is 19.1. The van der Waals surface area contributed by atoms with Crippen LogP contribution in [0, 0.1) is 0 Å². The molecule has 0 saturated heterocycles. The number of anilines is 1. The first-order valence-electron chi connectivity index (χ1n) is 9.64. The number of nitrogens with zero attached hydrogens (tertiary/aromatic N) is 4. The fourth-order valence-electron chi connectivity index (χ4n) is 2.75. The summed E-state index contributed by atoms with van der Waals surface area (Å²) in [6.45, 7) is 4.73. The SMILES string of the molecule is CCOC(=O)Cc1csc(NC(=O)CSc2nnc(-c3cccc(OC)c3)n2CC)n1. The van der Waals surface area contributed by atoms with Gasteiger partial charge in [0.2, 0.25) is 5.91 Å². The van der Waals surface area contributed by atoms with Crippen LogP contribution in [0.1, 0.15) is 19.5 Å². The number of nitrogens with one attached hydrogen (secondary N) is 1. The van der Waals surface area contributed by atoms with Gasteiger partial charge in [-0.1, -0.05) is 23.9 Å². The second kappa shape index (κ2) is 10.9. The highest BCUT2D eigenvalue weighted by Crippen LogP contribution is 2.26. The Labute approximate surface area is 188 Å². The van der Waals surface area contributed by atoms with E-state index in [-0.39, 0.29) is 24.1 Å². The molecule has 1 amide bonds. The zero-order valence-electron chi connectivity index (χ0n) is 17.5. The number of ether oxygens (including phenoxy) is 2. The van der Waals surface area contributed by atoms with Gasteiger partial charge in [-0.15, -0.1) is 21.5 Å². The molecule has 0 radical (unpaired) electrons. The fraction of sp³-hybridized carbons (Fsp3) is 0.350. The standard InChI is InChI=1S/C20H23N5O4S2/c1-4-25-18(13-7-6-8-15(9-13)28-3)23-24-20(25)31-12-16(26)22-19-21-14(11-30-19)10-17(27)29-5-2/h6-9,11H,4-5,10,12H2,1-3H3,(H,21,22,26). The highest BCUT2D eigenvalue weighted by molar-refractivity contribution is 7.99. The maximum absolute atomic E-state index is 12.3. The molecule has 31 heavy (non-hydrogen) atoms. The minimum atomic E-state index is -0.341. The lowest BCUT2D eigenvalue weighted by molar-refractivity contribution is -0.142. The van der Waals surface area contributed by atoms with Crippen LogP contribution < -0.4 is 10.1 Å². The van der Waals surface area contributed by atoms with Gasteiger partial charge in [0.15, 0.2) is 16.1 Å². The largest absolute Gasteiger partial charge is 0.497 e. The van der Waals surface area contributed by atoms with Crippen LogP contribution in [-0.4, -0.2) is 51.1 Å². The van der Waals surface area contributed by atoms with Crippen LogP contribution >= 0.6 is 23.1 Å². The van der Waals surface area contributed by atoms with Gasteiger partial charge in [0, 0.05) is 17.5 Å². The molecule has 3 rings (SSSR count). The van der Waals surface area contributed by atoms with E-state index in [1.165, 1.54) is 23.1 Å². The van der Waals surface area contributed by atoms with E-state index in [2.05, 4.69) is 20.5 Å². The van der Waals surface area contributed by atoms with E-state index in [1.54, 1.807) is 19.4 Å². The Morgan fingerprint density at radius 3 is 2.84 bits per heavy atom. The van der Waals surface area contributed by atoms with E-state index >= 15 is 0 Å². The van der Waals surface area contributed by atoms with Crippen LogP contribution in [0.3, 0.4) is 0 Å². The van der Waals surface area contributed by atoms with Crippen molar-refractivity contribution < 1.29 is 19.1 Å². The van der Waals surface area contributed by atoms with E-state index in [4.69, 9.17) is 9.47 Å². The Bertz CT molecular complexity index is 1050. The maximum Gasteiger partial charge on any atom is 0.311 e. The van der Waals surface area contributed by atoms with Crippen LogP contribution in [-0.2, 0) is 27.3 Å². The number of esters is 1. The second-order valence-corrected chi connectivity index (χ2v) is 8.05. The van der Waals surface area contributed by atoms with Crippen molar-refractivity contribution in [2.75, 3.05) is 24.8 Å². The molecule has 0 spiro atoms. The smallest absolute Gasteiger partial charge is 0.311 e. The third kappa shape index (κ3) is 6.05. The minimum Gasteiger partial charge on any atom is -0.497 e. The summed E-state index contributed by atoms with van der Waals surface area (Å²) in [4.78, 5) is 28.1. The summed E-state index contributed by atoms with van der Waals surface area (Å²) in [7, 11) is 1.62. The number of rotatable bonds is 10. The Morgan fingerprint density at radius 2 is 2.10 bits per heavy atom. The van der Waals surface area contributed by atoms with Gasteiger partial charge in [0.25, 0.3) is 0 Å². The Balaban J connectivity index is 1.60. The summed E-state index contributed by atoms with van der Waals surface area (Å²) in [6, 6.07) is 7.60. The highest BCUT2D eigenvalue weighted by atomic mass is 32.2. The predicted octanol–water partition coefficient (Wildman–Crippen LogP) is 3.27. The number of methoxy groups -OCH3 is 1. The van der Waals surface area contributed by atoms with Gasteiger partial charge in [0.05, 0.1) is 31.6 Å². The number of thioether (sulfide) groups is 1. The molecule has 0 saturated carbocycles. The quantitative estimate of drug-likeness (QED) is 0.362. The first-order valence-corrected chi connectivity index (χ1v) is 11.5. The molecule has 0 aliphatic heterocycles. The zero-order chi connectivity index (χ0) is 22.2. The Kier molecular flexibility index (Phi) is 8.01. The molecule has 0 fully saturated rings. The minimum absolute atomic E-state index is 0.0849. The molecule has 9 nitrogen and oxygen atoms in total. The molecular weight excluding hydrogens is 438 g/mol. The van der Waals surface area contributed by atoms with Gasteiger partial charge >= 0.3 is 5.97 Å². The van der Waals surface area contributed by atoms with Crippen LogP contribution in [0.25, 0.3) is 11.4 Å². The summed E-state index contributed by atoms with van der Waals surface area (Å²) in [6.07, 6.45) is 0.0849. The summed E-state index contributed by atoms with van der Waals surface area (Å²) >= 11 is 2.56. The first kappa shape index (κ1) is 22.8.